The van der Waals surface area contributed by atoms with Crippen LogP contribution in [0.15, 0.2) is 18.3 Å². The molecule has 1 heterocycles. The molecule has 1 amide bonds. The van der Waals surface area contributed by atoms with Crippen LogP contribution in [0.3, 0.4) is 0 Å². The Hall–Kier alpha value is -1.69. The summed E-state index contributed by atoms with van der Waals surface area (Å²) in [6, 6.07) is 3.64. The topological polar surface area (TPSA) is 71.2 Å². The lowest BCUT2D eigenvalue weighted by Gasteiger charge is -2.19. The number of rotatable bonds is 5. The van der Waals surface area contributed by atoms with Gasteiger partial charge in [-0.1, -0.05) is 12.2 Å². The van der Waals surface area contributed by atoms with E-state index in [0.717, 1.165) is 5.56 Å². The number of hydrogen-bond donors (Lipinski definition) is 2. The maximum absolute atomic E-state index is 11.6. The lowest BCUT2D eigenvalue weighted by molar-refractivity contribution is -0.120. The van der Waals surface area contributed by atoms with E-state index in [1.807, 2.05) is 13.8 Å². The Morgan fingerprint density at radius 3 is 2.83 bits per heavy atom. The zero-order chi connectivity index (χ0) is 13.7. The maximum Gasteiger partial charge on any atom is 0.239 e. The standard InChI is InChI=1S/C12H18N4OS/c1-8(2)15-11(17)7-16(3)10-6-9(12(13)18)4-5-14-10/h4-6,8H,7H2,1-3H3,(H2,13,18)(H,15,17). The first-order valence-corrected chi connectivity index (χ1v) is 6.07. The Morgan fingerprint density at radius 2 is 2.28 bits per heavy atom. The van der Waals surface area contributed by atoms with E-state index < -0.39 is 0 Å². The Morgan fingerprint density at radius 1 is 1.61 bits per heavy atom. The van der Waals surface area contributed by atoms with Gasteiger partial charge in [0, 0.05) is 24.8 Å². The first-order valence-electron chi connectivity index (χ1n) is 5.66. The van der Waals surface area contributed by atoms with Gasteiger partial charge >= 0.3 is 0 Å². The molecule has 18 heavy (non-hydrogen) atoms. The summed E-state index contributed by atoms with van der Waals surface area (Å²) in [6.45, 7) is 4.08. The lowest BCUT2D eigenvalue weighted by Crippen LogP contribution is -2.38. The van der Waals surface area contributed by atoms with Crippen LogP contribution in [0, 0.1) is 0 Å². The van der Waals surface area contributed by atoms with E-state index in [9.17, 15) is 4.79 Å². The molecule has 0 spiro atoms. The molecule has 0 bridgehead atoms. The Bertz CT molecular complexity index is 447. The van der Waals surface area contributed by atoms with Gasteiger partial charge in [0.25, 0.3) is 0 Å². The molecule has 0 aromatic carbocycles. The van der Waals surface area contributed by atoms with E-state index >= 15 is 0 Å². The smallest absolute Gasteiger partial charge is 0.239 e. The summed E-state index contributed by atoms with van der Waals surface area (Å²) in [5.41, 5.74) is 6.30. The van der Waals surface area contributed by atoms with Crippen LogP contribution in [0.4, 0.5) is 5.82 Å². The minimum Gasteiger partial charge on any atom is -0.389 e. The van der Waals surface area contributed by atoms with Crippen molar-refractivity contribution in [2.75, 3.05) is 18.5 Å². The van der Waals surface area contributed by atoms with Gasteiger partial charge < -0.3 is 16.0 Å². The fraction of sp³-hybridized carbons (Fsp3) is 0.417. The maximum atomic E-state index is 11.6. The van der Waals surface area contributed by atoms with Crippen molar-refractivity contribution in [2.24, 2.45) is 5.73 Å². The van der Waals surface area contributed by atoms with Crippen molar-refractivity contribution in [1.29, 1.82) is 0 Å². The average molecular weight is 266 g/mol. The predicted octanol–water partition coefficient (Wildman–Crippen LogP) is 0.677. The first-order chi connectivity index (χ1) is 8.40. The van der Waals surface area contributed by atoms with Gasteiger partial charge in [-0.2, -0.15) is 0 Å². The largest absolute Gasteiger partial charge is 0.389 e. The molecular weight excluding hydrogens is 248 g/mol. The molecule has 0 aliphatic rings. The molecule has 3 N–H and O–H groups in total. The number of pyridine rings is 1. The second-order valence-electron chi connectivity index (χ2n) is 4.35. The Labute approximate surface area is 112 Å². The van der Waals surface area contributed by atoms with Gasteiger partial charge in [0.05, 0.1) is 6.54 Å². The van der Waals surface area contributed by atoms with Crippen LogP contribution in [0.1, 0.15) is 19.4 Å². The van der Waals surface area contributed by atoms with Gasteiger partial charge in [0.2, 0.25) is 5.91 Å². The minimum atomic E-state index is -0.0463. The molecule has 6 heteroatoms. The van der Waals surface area contributed by atoms with Crippen LogP contribution < -0.4 is 16.0 Å². The highest BCUT2D eigenvalue weighted by atomic mass is 32.1. The Kier molecular flexibility index (Phi) is 5.03. The number of nitrogens with one attached hydrogen (secondary N) is 1. The van der Waals surface area contributed by atoms with Crippen LogP contribution in [0.5, 0.6) is 0 Å². The summed E-state index contributed by atoms with van der Waals surface area (Å²) < 4.78 is 0. The number of anilines is 1. The monoisotopic (exact) mass is 266 g/mol. The normalized spacial score (nSPS) is 10.2. The quantitative estimate of drug-likeness (QED) is 0.767. The highest BCUT2D eigenvalue weighted by molar-refractivity contribution is 7.80. The van der Waals surface area contributed by atoms with Crippen LogP contribution >= 0.6 is 12.2 Å². The SMILES string of the molecule is CC(C)NC(=O)CN(C)c1cc(C(N)=S)ccn1. The van der Waals surface area contributed by atoms with Gasteiger partial charge in [-0.25, -0.2) is 4.98 Å². The summed E-state index contributed by atoms with van der Waals surface area (Å²) in [4.78, 5) is 17.9. The van der Waals surface area contributed by atoms with Gasteiger partial charge in [-0.15, -0.1) is 0 Å². The van der Waals surface area contributed by atoms with Crippen molar-refractivity contribution in [2.45, 2.75) is 19.9 Å². The van der Waals surface area contributed by atoms with Crippen LogP contribution in [-0.2, 0) is 4.79 Å². The second kappa shape index (κ2) is 6.30. The fourth-order valence-corrected chi connectivity index (χ4v) is 1.57. The van der Waals surface area contributed by atoms with E-state index in [-0.39, 0.29) is 18.5 Å². The number of aromatic nitrogens is 1. The zero-order valence-corrected chi connectivity index (χ0v) is 11.6. The number of carbonyl (C=O) groups is 1. The molecule has 1 aromatic rings. The molecule has 0 aliphatic carbocycles. The molecule has 0 saturated heterocycles. The molecule has 0 aliphatic heterocycles. The van der Waals surface area contributed by atoms with Crippen molar-refractivity contribution >= 4 is 28.9 Å². The van der Waals surface area contributed by atoms with Crippen LogP contribution in [0.2, 0.25) is 0 Å². The minimum absolute atomic E-state index is 0.0463. The third-order valence-corrected chi connectivity index (χ3v) is 2.49. The summed E-state index contributed by atoms with van der Waals surface area (Å²) >= 11 is 4.91. The van der Waals surface area contributed by atoms with Gasteiger partial charge in [0.15, 0.2) is 0 Å². The number of carbonyl (C=O) groups excluding carboxylic acids is 1. The number of nitrogens with two attached hydrogens (primary N) is 1. The van der Waals surface area contributed by atoms with Crippen molar-refractivity contribution in [3.05, 3.63) is 23.9 Å². The van der Waals surface area contributed by atoms with Crippen LogP contribution in [0.25, 0.3) is 0 Å². The van der Waals surface area contributed by atoms with E-state index in [1.54, 1.807) is 30.3 Å². The summed E-state index contributed by atoms with van der Waals surface area (Å²) in [5.74, 6) is 0.620. The van der Waals surface area contributed by atoms with E-state index in [2.05, 4.69) is 10.3 Å². The molecule has 98 valence electrons. The van der Waals surface area contributed by atoms with E-state index in [4.69, 9.17) is 18.0 Å². The number of likely N-dealkylation sites (N-methyl/N-ethyl adjacent to an activating group) is 1. The summed E-state index contributed by atoms with van der Waals surface area (Å²) in [6.07, 6.45) is 1.63. The zero-order valence-electron chi connectivity index (χ0n) is 10.8. The molecule has 0 unspecified atom stereocenters. The lowest BCUT2D eigenvalue weighted by atomic mass is 10.2. The van der Waals surface area contributed by atoms with Crippen molar-refractivity contribution in [1.82, 2.24) is 10.3 Å². The number of nitrogens with zero attached hydrogens (tertiary/aromatic N) is 2. The van der Waals surface area contributed by atoms with Crippen LogP contribution in [-0.4, -0.2) is 35.5 Å². The van der Waals surface area contributed by atoms with Crippen molar-refractivity contribution in [3.8, 4) is 0 Å². The van der Waals surface area contributed by atoms with Crippen molar-refractivity contribution < 1.29 is 4.79 Å². The molecule has 0 radical (unpaired) electrons. The molecule has 5 nitrogen and oxygen atoms in total. The molecule has 1 aromatic heterocycles. The summed E-state index contributed by atoms with van der Waals surface area (Å²) in [7, 11) is 1.80. The number of amides is 1. The van der Waals surface area contributed by atoms with Crippen molar-refractivity contribution in [3.63, 3.8) is 0 Å². The predicted molar refractivity (Wildman–Crippen MR) is 76.7 cm³/mol. The molecule has 1 rings (SSSR count). The Balaban J connectivity index is 2.72. The molecule has 0 atom stereocenters. The third-order valence-electron chi connectivity index (χ3n) is 2.25. The first kappa shape index (κ1) is 14.4. The van der Waals surface area contributed by atoms with Gasteiger partial charge in [-0.05, 0) is 26.0 Å². The number of thiocarbonyl (C=S) groups is 1. The highest BCUT2D eigenvalue weighted by Gasteiger charge is 2.10. The van der Waals surface area contributed by atoms with Gasteiger partial charge in [-0.3, -0.25) is 4.79 Å². The number of hydrogen-bond acceptors (Lipinski definition) is 4. The fourth-order valence-electron chi connectivity index (χ4n) is 1.44. The molecular formula is C12H18N4OS. The molecule has 0 fully saturated rings. The van der Waals surface area contributed by atoms with E-state index in [0.29, 0.717) is 10.8 Å². The van der Waals surface area contributed by atoms with E-state index in [1.165, 1.54) is 0 Å². The third kappa shape index (κ3) is 4.29. The summed E-state index contributed by atoms with van der Waals surface area (Å²) in [5, 5.41) is 2.82. The van der Waals surface area contributed by atoms with Gasteiger partial charge in [0.1, 0.15) is 10.8 Å². The molecule has 0 saturated carbocycles. The highest BCUT2D eigenvalue weighted by Crippen LogP contribution is 2.10. The second-order valence-corrected chi connectivity index (χ2v) is 4.79. The average Bonchev–Trinajstić information content (AvgIpc) is 2.27.